The van der Waals surface area contributed by atoms with Gasteiger partial charge < -0.3 is 0 Å². The lowest BCUT2D eigenvalue weighted by atomic mass is 10.2. The molecule has 0 N–H and O–H groups in total. The van der Waals surface area contributed by atoms with Crippen LogP contribution in [0.1, 0.15) is 16.1 Å². The molecule has 2 aromatic rings. The first kappa shape index (κ1) is 14.6. The van der Waals surface area contributed by atoms with Gasteiger partial charge in [-0.3, -0.25) is 9.48 Å². The fraction of sp³-hybridized carbons (Fsp3) is 0.167. The smallest absolute Gasteiger partial charge is 0.298 e. The van der Waals surface area contributed by atoms with Crippen molar-refractivity contribution >= 4 is 18.0 Å². The molecule has 0 spiro atoms. The van der Waals surface area contributed by atoms with Crippen molar-refractivity contribution in [3.8, 4) is 0 Å². The quantitative estimate of drug-likeness (QED) is 0.642. The summed E-state index contributed by atoms with van der Waals surface area (Å²) in [5.41, 5.74) is -1.74. The maximum Gasteiger partial charge on any atom is 0.435 e. The second-order valence-electron chi connectivity index (χ2n) is 3.86. The fourth-order valence-corrected chi connectivity index (χ4v) is 2.50. The van der Waals surface area contributed by atoms with Crippen LogP contribution in [-0.2, 0) is 13.2 Å². The van der Waals surface area contributed by atoms with Crippen LogP contribution >= 0.6 is 11.8 Å². The second-order valence-corrected chi connectivity index (χ2v) is 4.92. The van der Waals surface area contributed by atoms with E-state index in [9.17, 15) is 22.4 Å². The van der Waals surface area contributed by atoms with Crippen LogP contribution < -0.4 is 0 Å². The summed E-state index contributed by atoms with van der Waals surface area (Å²) >= 11 is 0.914. The number of halogens is 4. The van der Waals surface area contributed by atoms with Crippen molar-refractivity contribution in [2.45, 2.75) is 16.1 Å². The Kier molecular flexibility index (Phi) is 3.85. The van der Waals surface area contributed by atoms with Crippen LogP contribution in [-0.4, -0.2) is 16.1 Å². The summed E-state index contributed by atoms with van der Waals surface area (Å²) < 4.78 is 51.9. The molecule has 1 heterocycles. The standard InChI is InChI=1S/C12H8F4N2OS/c1-18-11(20-8-4-2-7(13)3-5-8)9(6-19)10(17-18)12(14,15)16/h2-6H,1H3. The first-order chi connectivity index (χ1) is 9.32. The lowest BCUT2D eigenvalue weighted by Gasteiger charge is -2.03. The molecule has 0 saturated heterocycles. The number of aldehydes is 1. The predicted molar refractivity (Wildman–Crippen MR) is 64.1 cm³/mol. The third-order valence-electron chi connectivity index (χ3n) is 2.44. The van der Waals surface area contributed by atoms with Gasteiger partial charge in [-0.1, -0.05) is 11.8 Å². The Morgan fingerprint density at radius 2 is 1.85 bits per heavy atom. The Morgan fingerprint density at radius 3 is 2.35 bits per heavy atom. The van der Waals surface area contributed by atoms with E-state index < -0.39 is 23.3 Å². The van der Waals surface area contributed by atoms with Gasteiger partial charge >= 0.3 is 6.18 Å². The van der Waals surface area contributed by atoms with Crippen LogP contribution in [0, 0.1) is 5.82 Å². The van der Waals surface area contributed by atoms with Gasteiger partial charge in [0.1, 0.15) is 10.8 Å². The van der Waals surface area contributed by atoms with Crippen LogP contribution in [0.25, 0.3) is 0 Å². The molecule has 3 nitrogen and oxygen atoms in total. The van der Waals surface area contributed by atoms with Crippen molar-refractivity contribution in [3.63, 3.8) is 0 Å². The van der Waals surface area contributed by atoms with Crippen LogP contribution in [0.15, 0.2) is 34.2 Å². The van der Waals surface area contributed by atoms with Crippen LogP contribution in [0.5, 0.6) is 0 Å². The van der Waals surface area contributed by atoms with Gasteiger partial charge in [0.05, 0.1) is 5.56 Å². The number of alkyl halides is 3. The first-order valence-electron chi connectivity index (χ1n) is 5.35. The number of carbonyl (C=O) groups excluding carboxylic acids is 1. The van der Waals surface area contributed by atoms with E-state index in [1.165, 1.54) is 31.3 Å². The van der Waals surface area contributed by atoms with E-state index in [-0.39, 0.29) is 11.3 Å². The molecule has 8 heteroatoms. The molecule has 0 unspecified atom stereocenters. The third-order valence-corrected chi connectivity index (χ3v) is 3.63. The normalized spacial score (nSPS) is 11.7. The molecule has 0 bridgehead atoms. The summed E-state index contributed by atoms with van der Waals surface area (Å²) in [6.07, 6.45) is -4.57. The van der Waals surface area contributed by atoms with Gasteiger partial charge in [-0.15, -0.1) is 0 Å². The molecular formula is C12H8F4N2OS. The predicted octanol–water partition coefficient (Wildman–Crippen LogP) is 3.54. The summed E-state index contributed by atoms with van der Waals surface area (Å²) in [5, 5.41) is 3.39. The Labute approximate surface area is 115 Å². The Hall–Kier alpha value is -1.83. The van der Waals surface area contributed by atoms with Gasteiger partial charge in [-0.05, 0) is 24.3 Å². The van der Waals surface area contributed by atoms with E-state index >= 15 is 0 Å². The van der Waals surface area contributed by atoms with Gasteiger partial charge in [0.2, 0.25) is 0 Å². The fourth-order valence-electron chi connectivity index (χ4n) is 1.58. The molecule has 0 radical (unpaired) electrons. The minimum atomic E-state index is -4.70. The molecule has 0 saturated carbocycles. The highest BCUT2D eigenvalue weighted by Gasteiger charge is 2.39. The average molecular weight is 304 g/mol. The molecule has 0 aliphatic rings. The largest absolute Gasteiger partial charge is 0.435 e. The zero-order chi connectivity index (χ0) is 14.9. The molecule has 106 valence electrons. The van der Waals surface area contributed by atoms with Crippen molar-refractivity contribution in [1.82, 2.24) is 9.78 Å². The average Bonchev–Trinajstić information content (AvgIpc) is 2.69. The Bertz CT molecular complexity index is 634. The maximum atomic E-state index is 12.8. The molecule has 2 rings (SSSR count). The van der Waals surface area contributed by atoms with E-state index in [4.69, 9.17) is 0 Å². The van der Waals surface area contributed by atoms with Gasteiger partial charge in [0.25, 0.3) is 0 Å². The summed E-state index contributed by atoms with van der Waals surface area (Å²) in [6.45, 7) is 0. The number of rotatable bonds is 3. The summed E-state index contributed by atoms with van der Waals surface area (Å²) in [5.74, 6) is -0.453. The lowest BCUT2D eigenvalue weighted by molar-refractivity contribution is -0.141. The van der Waals surface area contributed by atoms with E-state index in [0.717, 1.165) is 16.4 Å². The molecule has 0 fully saturated rings. The van der Waals surface area contributed by atoms with E-state index in [1.54, 1.807) is 0 Å². The highest BCUT2D eigenvalue weighted by Crippen LogP contribution is 2.37. The van der Waals surface area contributed by atoms with Crippen LogP contribution in [0.2, 0.25) is 0 Å². The second kappa shape index (κ2) is 5.28. The molecule has 0 aliphatic carbocycles. The number of nitrogens with zero attached hydrogens (tertiary/aromatic N) is 2. The molecule has 0 aliphatic heterocycles. The van der Waals surface area contributed by atoms with E-state index in [0.29, 0.717) is 4.90 Å². The monoisotopic (exact) mass is 304 g/mol. The van der Waals surface area contributed by atoms with Crippen molar-refractivity contribution in [3.05, 3.63) is 41.3 Å². The zero-order valence-corrected chi connectivity index (χ0v) is 10.9. The van der Waals surface area contributed by atoms with Crippen molar-refractivity contribution < 1.29 is 22.4 Å². The van der Waals surface area contributed by atoms with Crippen molar-refractivity contribution in [2.75, 3.05) is 0 Å². The number of benzene rings is 1. The van der Waals surface area contributed by atoms with Gasteiger partial charge in [0, 0.05) is 11.9 Å². The minimum Gasteiger partial charge on any atom is -0.298 e. The summed E-state index contributed by atoms with van der Waals surface area (Å²) in [6, 6.07) is 5.19. The van der Waals surface area contributed by atoms with Gasteiger partial charge in [0.15, 0.2) is 12.0 Å². The SMILES string of the molecule is Cn1nc(C(F)(F)F)c(C=O)c1Sc1ccc(F)cc1. The number of aromatic nitrogens is 2. The number of aryl methyl sites for hydroxylation is 1. The highest BCUT2D eigenvalue weighted by molar-refractivity contribution is 7.99. The molecule has 0 atom stereocenters. The molecule has 1 aromatic carbocycles. The lowest BCUT2D eigenvalue weighted by Crippen LogP contribution is -2.09. The van der Waals surface area contributed by atoms with Crippen LogP contribution in [0.3, 0.4) is 0 Å². The summed E-state index contributed by atoms with van der Waals surface area (Å²) in [7, 11) is 1.31. The summed E-state index contributed by atoms with van der Waals surface area (Å²) in [4.78, 5) is 11.4. The van der Waals surface area contributed by atoms with Gasteiger partial charge in [-0.2, -0.15) is 18.3 Å². The van der Waals surface area contributed by atoms with Crippen molar-refractivity contribution in [2.24, 2.45) is 7.05 Å². The Morgan fingerprint density at radius 1 is 1.25 bits per heavy atom. The maximum absolute atomic E-state index is 12.8. The minimum absolute atomic E-state index is 0.0546. The van der Waals surface area contributed by atoms with E-state index in [1.807, 2.05) is 0 Å². The Balaban J connectivity index is 2.44. The molecular weight excluding hydrogens is 296 g/mol. The molecule has 1 aromatic heterocycles. The van der Waals surface area contributed by atoms with E-state index in [2.05, 4.69) is 5.10 Å². The first-order valence-corrected chi connectivity index (χ1v) is 6.17. The highest BCUT2D eigenvalue weighted by atomic mass is 32.2. The van der Waals surface area contributed by atoms with Gasteiger partial charge in [-0.25, -0.2) is 4.39 Å². The number of carbonyl (C=O) groups is 1. The van der Waals surface area contributed by atoms with Crippen molar-refractivity contribution in [1.29, 1.82) is 0 Å². The number of hydrogen-bond acceptors (Lipinski definition) is 3. The third kappa shape index (κ3) is 2.84. The number of hydrogen-bond donors (Lipinski definition) is 0. The molecule has 0 amide bonds. The topological polar surface area (TPSA) is 34.9 Å². The molecule has 20 heavy (non-hydrogen) atoms. The zero-order valence-electron chi connectivity index (χ0n) is 10.1. The van der Waals surface area contributed by atoms with Crippen LogP contribution in [0.4, 0.5) is 17.6 Å².